The number of ether oxygens (including phenoxy) is 3. The van der Waals surface area contributed by atoms with Crippen molar-refractivity contribution in [3.8, 4) is 11.5 Å². The Bertz CT molecular complexity index is 1350. The van der Waals surface area contributed by atoms with Crippen LogP contribution < -0.4 is 14.8 Å². The number of aliphatic imine (C=N–C) groups is 1. The number of methoxy groups -OCH3 is 1. The zero-order valence-electron chi connectivity index (χ0n) is 18.8. The van der Waals surface area contributed by atoms with Crippen molar-refractivity contribution in [1.82, 2.24) is 0 Å². The lowest BCUT2D eigenvalue weighted by Gasteiger charge is -2.14. The Hall–Kier alpha value is -3.37. The van der Waals surface area contributed by atoms with Gasteiger partial charge in [0.1, 0.15) is 6.61 Å². The first-order valence-electron chi connectivity index (χ1n) is 10.5. The fourth-order valence-corrected chi connectivity index (χ4v) is 4.14. The summed E-state index contributed by atoms with van der Waals surface area (Å²) in [5.41, 5.74) is 2.99. The van der Waals surface area contributed by atoms with Gasteiger partial charge in [-0.1, -0.05) is 29.8 Å². The fraction of sp³-hybridized carbons (Fsp3) is 0.115. The second-order valence-electron chi connectivity index (χ2n) is 7.51. The molecule has 3 aromatic rings. The second-order valence-corrected chi connectivity index (χ2v) is 9.08. The molecule has 0 atom stereocenters. The number of hydrogen-bond donors (Lipinski definition) is 1. The average Bonchev–Trinajstić information content (AvgIpc) is 3.19. The topological polar surface area (TPSA) is 86.2 Å². The van der Waals surface area contributed by atoms with E-state index in [0.29, 0.717) is 39.9 Å². The molecule has 1 N–H and O–H groups in total. The SMILES string of the molecule is COc1cc(/C=C2\N=C(c3ccc(NC(C)=O)cc3)OC2=O)cc(Cl)c1OCc1ccccc1I. The van der Waals surface area contributed by atoms with Crippen LogP contribution in [0.5, 0.6) is 11.5 Å². The maximum Gasteiger partial charge on any atom is 0.363 e. The van der Waals surface area contributed by atoms with Crippen LogP contribution in [-0.2, 0) is 20.9 Å². The van der Waals surface area contributed by atoms with E-state index in [9.17, 15) is 9.59 Å². The van der Waals surface area contributed by atoms with Crippen molar-refractivity contribution in [3.63, 3.8) is 0 Å². The van der Waals surface area contributed by atoms with Crippen molar-refractivity contribution in [2.24, 2.45) is 4.99 Å². The van der Waals surface area contributed by atoms with Crippen molar-refractivity contribution in [1.29, 1.82) is 0 Å². The van der Waals surface area contributed by atoms with Gasteiger partial charge in [-0.2, -0.15) is 0 Å². The summed E-state index contributed by atoms with van der Waals surface area (Å²) in [5, 5.41) is 3.02. The van der Waals surface area contributed by atoms with Crippen LogP contribution in [0, 0.1) is 3.57 Å². The summed E-state index contributed by atoms with van der Waals surface area (Å²) in [6.45, 7) is 1.76. The number of benzene rings is 3. The van der Waals surface area contributed by atoms with E-state index in [2.05, 4.69) is 32.9 Å². The zero-order chi connectivity index (χ0) is 24.9. The van der Waals surface area contributed by atoms with Crippen molar-refractivity contribution in [3.05, 3.63) is 91.6 Å². The van der Waals surface area contributed by atoms with Gasteiger partial charge in [-0.05, 0) is 76.7 Å². The molecule has 1 heterocycles. The molecule has 0 saturated heterocycles. The van der Waals surface area contributed by atoms with Crippen molar-refractivity contribution >= 4 is 63.7 Å². The molecule has 9 heteroatoms. The monoisotopic (exact) mass is 602 g/mol. The molecule has 1 aliphatic rings. The summed E-state index contributed by atoms with van der Waals surface area (Å²) >= 11 is 8.75. The third kappa shape index (κ3) is 6.01. The number of nitrogens with one attached hydrogen (secondary N) is 1. The lowest BCUT2D eigenvalue weighted by atomic mass is 10.1. The molecule has 0 saturated carbocycles. The Labute approximate surface area is 220 Å². The van der Waals surface area contributed by atoms with Crippen LogP contribution in [0.1, 0.15) is 23.6 Å². The summed E-state index contributed by atoms with van der Waals surface area (Å²) in [6, 6.07) is 18.1. The first-order chi connectivity index (χ1) is 16.8. The Morgan fingerprint density at radius 2 is 1.91 bits per heavy atom. The summed E-state index contributed by atoms with van der Waals surface area (Å²) in [4.78, 5) is 27.9. The van der Waals surface area contributed by atoms with Gasteiger partial charge in [0.2, 0.25) is 11.8 Å². The highest BCUT2D eigenvalue weighted by molar-refractivity contribution is 14.1. The third-order valence-electron chi connectivity index (χ3n) is 4.96. The molecule has 7 nitrogen and oxygen atoms in total. The van der Waals surface area contributed by atoms with Gasteiger partial charge < -0.3 is 19.5 Å². The van der Waals surface area contributed by atoms with Crippen LogP contribution in [0.4, 0.5) is 5.69 Å². The van der Waals surface area contributed by atoms with Crippen molar-refractivity contribution in [2.45, 2.75) is 13.5 Å². The Kier molecular flexibility index (Phi) is 7.72. The van der Waals surface area contributed by atoms with Crippen molar-refractivity contribution < 1.29 is 23.8 Å². The molecule has 1 amide bonds. The number of rotatable bonds is 7. The van der Waals surface area contributed by atoms with E-state index in [4.69, 9.17) is 25.8 Å². The molecule has 0 aliphatic carbocycles. The summed E-state index contributed by atoms with van der Waals surface area (Å²) < 4.78 is 17.8. The molecule has 1 aliphatic heterocycles. The van der Waals surface area contributed by atoms with E-state index in [0.717, 1.165) is 9.13 Å². The molecule has 0 fully saturated rings. The van der Waals surface area contributed by atoms with Gasteiger partial charge in [0.05, 0.1) is 12.1 Å². The highest BCUT2D eigenvalue weighted by Gasteiger charge is 2.24. The van der Waals surface area contributed by atoms with Gasteiger partial charge in [0.25, 0.3) is 0 Å². The predicted molar refractivity (Wildman–Crippen MR) is 143 cm³/mol. The van der Waals surface area contributed by atoms with E-state index in [1.807, 2.05) is 24.3 Å². The Balaban J connectivity index is 1.56. The maximum absolute atomic E-state index is 12.4. The van der Waals surface area contributed by atoms with Crippen LogP contribution in [0.25, 0.3) is 6.08 Å². The number of halogens is 2. The minimum absolute atomic E-state index is 0.122. The molecule has 3 aromatic carbocycles. The molecular formula is C26H20ClIN2O5. The number of cyclic esters (lactones) is 1. The van der Waals surface area contributed by atoms with Gasteiger partial charge in [-0.15, -0.1) is 0 Å². The van der Waals surface area contributed by atoms with Crippen molar-refractivity contribution in [2.75, 3.05) is 12.4 Å². The minimum Gasteiger partial charge on any atom is -0.493 e. The molecule has 0 unspecified atom stereocenters. The number of esters is 1. The van der Waals surface area contributed by atoms with E-state index < -0.39 is 5.97 Å². The van der Waals surface area contributed by atoms with Gasteiger partial charge in [0, 0.05) is 27.3 Å². The minimum atomic E-state index is -0.583. The number of nitrogens with zero attached hydrogens (tertiary/aromatic N) is 1. The van der Waals surface area contributed by atoms with E-state index in [-0.39, 0.29) is 17.5 Å². The highest BCUT2D eigenvalue weighted by Crippen LogP contribution is 2.38. The standard InChI is InChI=1S/C26H20ClIN2O5/c1-15(31)29-19-9-7-17(8-10-19)25-30-22(26(32)35-25)12-16-11-20(27)24(23(13-16)33-2)34-14-18-5-3-4-6-21(18)28/h3-13H,14H2,1-2H3,(H,29,31)/b22-12-. The predicted octanol–water partition coefficient (Wildman–Crippen LogP) is 5.84. The van der Waals surface area contributed by atoms with Crippen LogP contribution in [-0.4, -0.2) is 24.9 Å². The Morgan fingerprint density at radius 1 is 1.17 bits per heavy atom. The lowest BCUT2D eigenvalue weighted by molar-refractivity contribution is -0.129. The molecule has 0 aromatic heterocycles. The zero-order valence-corrected chi connectivity index (χ0v) is 21.7. The van der Waals surface area contributed by atoms with Crippen LogP contribution in [0.2, 0.25) is 5.02 Å². The first kappa shape index (κ1) is 24.7. The van der Waals surface area contributed by atoms with Crippen LogP contribution in [0.15, 0.2) is 71.4 Å². The van der Waals surface area contributed by atoms with Crippen LogP contribution >= 0.6 is 34.2 Å². The third-order valence-corrected chi connectivity index (χ3v) is 6.29. The Morgan fingerprint density at radius 3 is 2.60 bits per heavy atom. The fourth-order valence-electron chi connectivity index (χ4n) is 3.32. The molecule has 0 bridgehead atoms. The van der Waals surface area contributed by atoms with E-state index in [1.165, 1.54) is 14.0 Å². The molecular weight excluding hydrogens is 583 g/mol. The largest absolute Gasteiger partial charge is 0.493 e. The number of carbonyl (C=O) groups is 2. The lowest BCUT2D eigenvalue weighted by Crippen LogP contribution is -2.07. The van der Waals surface area contributed by atoms with Gasteiger partial charge in [-0.25, -0.2) is 9.79 Å². The normalized spacial score (nSPS) is 13.9. The average molecular weight is 603 g/mol. The van der Waals surface area contributed by atoms with Gasteiger partial charge >= 0.3 is 5.97 Å². The molecule has 0 radical (unpaired) electrons. The van der Waals surface area contributed by atoms with Gasteiger partial charge in [0.15, 0.2) is 17.2 Å². The number of carbonyl (C=O) groups excluding carboxylic acids is 2. The molecule has 0 spiro atoms. The maximum atomic E-state index is 12.4. The summed E-state index contributed by atoms with van der Waals surface area (Å²) in [6.07, 6.45) is 1.57. The quantitative estimate of drug-likeness (QED) is 0.209. The highest BCUT2D eigenvalue weighted by atomic mass is 127. The molecule has 178 valence electrons. The number of hydrogen-bond acceptors (Lipinski definition) is 6. The molecule has 4 rings (SSSR count). The smallest absolute Gasteiger partial charge is 0.363 e. The summed E-state index contributed by atoms with van der Waals surface area (Å²) in [5.74, 6) is 0.256. The van der Waals surface area contributed by atoms with E-state index in [1.54, 1.807) is 42.5 Å². The number of anilines is 1. The summed E-state index contributed by atoms with van der Waals surface area (Å²) in [7, 11) is 1.52. The van der Waals surface area contributed by atoms with Gasteiger partial charge in [-0.3, -0.25) is 4.79 Å². The van der Waals surface area contributed by atoms with E-state index >= 15 is 0 Å². The number of amides is 1. The first-order valence-corrected chi connectivity index (χ1v) is 11.9. The van der Waals surface area contributed by atoms with Crippen LogP contribution in [0.3, 0.4) is 0 Å². The molecule has 35 heavy (non-hydrogen) atoms. The second kappa shape index (κ2) is 10.9.